The number of hydrogen-bond donors (Lipinski definition) is 1. The summed E-state index contributed by atoms with van der Waals surface area (Å²) in [4.78, 5) is 27.6. The van der Waals surface area contributed by atoms with Gasteiger partial charge in [0.25, 0.3) is 0 Å². The van der Waals surface area contributed by atoms with Gasteiger partial charge in [0.15, 0.2) is 5.82 Å². The molecule has 8 nitrogen and oxygen atoms in total. The van der Waals surface area contributed by atoms with E-state index in [1.807, 2.05) is 0 Å². The molecule has 4 atom stereocenters. The van der Waals surface area contributed by atoms with Crippen LogP contribution in [0.1, 0.15) is 5.76 Å². The standard InChI is InChI=1S/C20H16F3N3O5/c1-10-8-14(25-31-10)26-9-19-7-6-13(30-19)15(16(19)18(26)28)17(27)24-11-2-4-12(5-3-11)29-20(21,22)23/h2-8,13,15-16H,9H2,1H3,(H,24,27)/t13-,15-,16-,19-/m1/s1. The first-order valence-electron chi connectivity index (χ1n) is 9.44. The number of aryl methyl sites for hydroxylation is 1. The second-order valence-corrected chi connectivity index (χ2v) is 7.68. The largest absolute Gasteiger partial charge is 0.573 e. The molecule has 0 saturated carbocycles. The number of benzene rings is 1. The summed E-state index contributed by atoms with van der Waals surface area (Å²) in [6, 6.07) is 6.40. The highest BCUT2D eigenvalue weighted by atomic mass is 19.4. The van der Waals surface area contributed by atoms with Gasteiger partial charge < -0.3 is 19.3 Å². The SMILES string of the molecule is Cc1cc(N2C[C@@]34C=C[C@@H](O3)[C@@H](C(=O)Nc3ccc(OC(F)(F)F)cc3)[C@@H]4C2=O)no1. The zero-order valence-corrected chi connectivity index (χ0v) is 16.1. The summed E-state index contributed by atoms with van der Waals surface area (Å²) in [5.74, 6) is -1.79. The zero-order chi connectivity index (χ0) is 22.0. The molecule has 5 rings (SSSR count). The monoisotopic (exact) mass is 435 g/mol. The van der Waals surface area contributed by atoms with Crippen LogP contribution in [0.25, 0.3) is 0 Å². The topological polar surface area (TPSA) is 93.9 Å². The fourth-order valence-corrected chi connectivity index (χ4v) is 4.44. The first-order chi connectivity index (χ1) is 14.7. The van der Waals surface area contributed by atoms with Gasteiger partial charge in [-0.1, -0.05) is 17.3 Å². The van der Waals surface area contributed by atoms with Gasteiger partial charge in [0.05, 0.1) is 24.5 Å². The maximum absolute atomic E-state index is 13.2. The Bertz CT molecular complexity index is 1080. The van der Waals surface area contributed by atoms with Crippen LogP contribution < -0.4 is 15.0 Å². The van der Waals surface area contributed by atoms with Crippen LogP contribution in [0.15, 0.2) is 47.0 Å². The molecule has 3 aliphatic rings. The fraction of sp³-hybridized carbons (Fsp3) is 0.350. The Balaban J connectivity index is 1.34. The number of nitrogens with zero attached hydrogens (tertiary/aromatic N) is 2. The van der Waals surface area contributed by atoms with Crippen LogP contribution in [-0.4, -0.2) is 41.6 Å². The first-order valence-corrected chi connectivity index (χ1v) is 9.44. The van der Waals surface area contributed by atoms with E-state index in [2.05, 4.69) is 15.2 Å². The molecule has 2 saturated heterocycles. The molecule has 1 aromatic heterocycles. The minimum absolute atomic E-state index is 0.211. The van der Waals surface area contributed by atoms with Crippen molar-refractivity contribution in [2.75, 3.05) is 16.8 Å². The Morgan fingerprint density at radius 3 is 2.71 bits per heavy atom. The highest BCUT2D eigenvalue weighted by molar-refractivity contribution is 6.05. The molecule has 0 radical (unpaired) electrons. The fourth-order valence-electron chi connectivity index (χ4n) is 4.44. The van der Waals surface area contributed by atoms with Crippen molar-refractivity contribution in [1.29, 1.82) is 0 Å². The molecule has 11 heteroatoms. The molecule has 4 heterocycles. The highest BCUT2D eigenvalue weighted by Crippen LogP contribution is 2.52. The van der Waals surface area contributed by atoms with Crippen molar-refractivity contribution in [1.82, 2.24) is 5.16 Å². The normalized spacial score (nSPS) is 28.8. The Labute approximate surface area is 173 Å². The van der Waals surface area contributed by atoms with E-state index in [0.717, 1.165) is 12.1 Å². The summed E-state index contributed by atoms with van der Waals surface area (Å²) in [6.07, 6.45) is -1.81. The van der Waals surface area contributed by atoms with Gasteiger partial charge >= 0.3 is 6.36 Å². The molecule has 2 amide bonds. The molecule has 1 spiro atoms. The van der Waals surface area contributed by atoms with E-state index >= 15 is 0 Å². The van der Waals surface area contributed by atoms with Gasteiger partial charge in [0, 0.05) is 11.8 Å². The molecule has 2 fully saturated rings. The number of ether oxygens (including phenoxy) is 2. The Morgan fingerprint density at radius 1 is 1.32 bits per heavy atom. The molecule has 1 aromatic carbocycles. The van der Waals surface area contributed by atoms with Crippen molar-refractivity contribution >= 4 is 23.3 Å². The van der Waals surface area contributed by atoms with Crippen molar-refractivity contribution in [3.63, 3.8) is 0 Å². The Hall–Kier alpha value is -3.34. The average Bonchev–Trinajstić information content (AvgIpc) is 3.43. The van der Waals surface area contributed by atoms with Gasteiger partial charge in [-0.2, -0.15) is 0 Å². The van der Waals surface area contributed by atoms with Crippen LogP contribution in [0, 0.1) is 18.8 Å². The van der Waals surface area contributed by atoms with Gasteiger partial charge in [0.2, 0.25) is 11.8 Å². The van der Waals surface area contributed by atoms with Crippen molar-refractivity contribution in [3.05, 3.63) is 48.2 Å². The number of alkyl halides is 3. The Kier molecular flexibility index (Phi) is 4.16. The second-order valence-electron chi connectivity index (χ2n) is 7.68. The number of hydrogen-bond acceptors (Lipinski definition) is 6. The molecule has 2 aromatic rings. The minimum Gasteiger partial charge on any atom is -0.406 e. The van der Waals surface area contributed by atoms with E-state index < -0.39 is 41.6 Å². The first kappa shape index (κ1) is 19.6. The van der Waals surface area contributed by atoms with E-state index in [-0.39, 0.29) is 18.1 Å². The molecule has 1 N–H and O–H groups in total. The smallest absolute Gasteiger partial charge is 0.406 e. The highest BCUT2D eigenvalue weighted by Gasteiger charge is 2.67. The zero-order valence-electron chi connectivity index (χ0n) is 16.1. The van der Waals surface area contributed by atoms with Crippen molar-refractivity contribution in [3.8, 4) is 5.75 Å². The molecular formula is C20H16F3N3O5. The number of rotatable bonds is 4. The second kappa shape index (κ2) is 6.58. The molecule has 2 bridgehead atoms. The lowest BCUT2D eigenvalue weighted by molar-refractivity contribution is -0.274. The van der Waals surface area contributed by atoms with E-state index in [0.29, 0.717) is 11.6 Å². The van der Waals surface area contributed by atoms with Crippen molar-refractivity contribution in [2.45, 2.75) is 25.0 Å². The summed E-state index contributed by atoms with van der Waals surface area (Å²) in [5, 5.41) is 6.54. The summed E-state index contributed by atoms with van der Waals surface area (Å²) in [5.41, 5.74) is -0.657. The molecule has 3 aliphatic heterocycles. The third-order valence-electron chi connectivity index (χ3n) is 5.65. The lowest BCUT2D eigenvalue weighted by atomic mass is 9.77. The third-order valence-corrected chi connectivity index (χ3v) is 5.65. The van der Waals surface area contributed by atoms with Crippen LogP contribution in [0.4, 0.5) is 24.7 Å². The van der Waals surface area contributed by atoms with Crippen LogP contribution in [0.5, 0.6) is 5.75 Å². The molecule has 0 aliphatic carbocycles. The number of nitrogens with one attached hydrogen (secondary N) is 1. The predicted octanol–water partition coefficient (Wildman–Crippen LogP) is 2.81. The quantitative estimate of drug-likeness (QED) is 0.743. The maximum Gasteiger partial charge on any atom is 0.573 e. The number of anilines is 2. The molecular weight excluding hydrogens is 419 g/mol. The Morgan fingerprint density at radius 2 is 2.06 bits per heavy atom. The van der Waals surface area contributed by atoms with Crippen molar-refractivity contribution in [2.24, 2.45) is 11.8 Å². The van der Waals surface area contributed by atoms with E-state index in [9.17, 15) is 22.8 Å². The average molecular weight is 435 g/mol. The van der Waals surface area contributed by atoms with Gasteiger partial charge in [-0.25, -0.2) is 0 Å². The number of amides is 2. The summed E-state index contributed by atoms with van der Waals surface area (Å²) < 4.78 is 51.8. The number of halogens is 3. The van der Waals surface area contributed by atoms with Crippen LogP contribution in [0.3, 0.4) is 0 Å². The van der Waals surface area contributed by atoms with Crippen LogP contribution in [0.2, 0.25) is 0 Å². The molecule has 0 unspecified atom stereocenters. The number of carbonyl (C=O) groups excluding carboxylic acids is 2. The lowest BCUT2D eigenvalue weighted by Crippen LogP contribution is -2.41. The predicted molar refractivity (Wildman–Crippen MR) is 99.1 cm³/mol. The lowest BCUT2D eigenvalue weighted by Gasteiger charge is -2.23. The van der Waals surface area contributed by atoms with Gasteiger partial charge in [-0.3, -0.25) is 14.5 Å². The van der Waals surface area contributed by atoms with Crippen LogP contribution in [-0.2, 0) is 14.3 Å². The summed E-state index contributed by atoms with van der Waals surface area (Å²) >= 11 is 0. The van der Waals surface area contributed by atoms with Crippen LogP contribution >= 0.6 is 0 Å². The maximum atomic E-state index is 13.2. The van der Waals surface area contributed by atoms with E-state index in [4.69, 9.17) is 9.26 Å². The molecule has 162 valence electrons. The third kappa shape index (κ3) is 3.25. The van der Waals surface area contributed by atoms with Crippen molar-refractivity contribution < 1.29 is 36.8 Å². The van der Waals surface area contributed by atoms with E-state index in [1.54, 1.807) is 25.1 Å². The van der Waals surface area contributed by atoms with Gasteiger partial charge in [-0.15, -0.1) is 13.2 Å². The minimum atomic E-state index is -4.80. The number of carbonyl (C=O) groups is 2. The van der Waals surface area contributed by atoms with Gasteiger partial charge in [0.1, 0.15) is 17.1 Å². The summed E-state index contributed by atoms with van der Waals surface area (Å²) in [6.45, 7) is 1.92. The van der Waals surface area contributed by atoms with Gasteiger partial charge in [-0.05, 0) is 31.2 Å². The van der Waals surface area contributed by atoms with E-state index in [1.165, 1.54) is 17.0 Å². The molecule has 31 heavy (non-hydrogen) atoms. The summed E-state index contributed by atoms with van der Waals surface area (Å²) in [7, 11) is 0. The number of aromatic nitrogens is 1. The number of fused-ring (bicyclic) bond motifs is 1.